The van der Waals surface area contributed by atoms with Crippen molar-refractivity contribution >= 4 is 11.4 Å². The highest BCUT2D eigenvalue weighted by Crippen LogP contribution is 2.16. The van der Waals surface area contributed by atoms with Gasteiger partial charge in [0.25, 0.3) is 0 Å². The van der Waals surface area contributed by atoms with Crippen LogP contribution >= 0.6 is 0 Å². The van der Waals surface area contributed by atoms with E-state index in [1.54, 1.807) is 12.1 Å². The molecule has 0 unspecified atom stereocenters. The molecule has 0 saturated carbocycles. The number of benzene rings is 2. The molecule has 0 aliphatic rings. The normalized spacial score (nSPS) is 10.2. The molecule has 0 fully saturated rings. The van der Waals surface area contributed by atoms with Gasteiger partial charge in [0.05, 0.1) is 0 Å². The molecule has 18 heavy (non-hydrogen) atoms. The Morgan fingerprint density at radius 1 is 1.06 bits per heavy atom. The van der Waals surface area contributed by atoms with E-state index in [0.29, 0.717) is 6.54 Å². The Morgan fingerprint density at radius 3 is 2.39 bits per heavy atom. The second-order valence-corrected chi connectivity index (χ2v) is 4.42. The molecule has 0 spiro atoms. The van der Waals surface area contributed by atoms with Gasteiger partial charge in [-0.25, -0.2) is 4.39 Å². The molecule has 2 nitrogen and oxygen atoms in total. The van der Waals surface area contributed by atoms with Gasteiger partial charge in [-0.2, -0.15) is 0 Å². The summed E-state index contributed by atoms with van der Waals surface area (Å²) in [5, 5.41) is 3.27. The molecule has 0 amide bonds. The first kappa shape index (κ1) is 12.4. The molecular formula is C15H17FN2. The summed E-state index contributed by atoms with van der Waals surface area (Å²) in [6.45, 7) is 0.624. The third-order valence-electron chi connectivity index (χ3n) is 2.77. The summed E-state index contributed by atoms with van der Waals surface area (Å²) in [5.74, 6) is -0.197. The van der Waals surface area contributed by atoms with Crippen molar-refractivity contribution in [2.24, 2.45) is 0 Å². The van der Waals surface area contributed by atoms with Crippen LogP contribution in [0.15, 0.2) is 48.5 Å². The van der Waals surface area contributed by atoms with Crippen LogP contribution in [0.5, 0.6) is 0 Å². The van der Waals surface area contributed by atoms with Crippen molar-refractivity contribution in [1.29, 1.82) is 0 Å². The lowest BCUT2D eigenvalue weighted by atomic mass is 10.2. The first-order valence-electron chi connectivity index (χ1n) is 5.91. The monoisotopic (exact) mass is 244 g/mol. The van der Waals surface area contributed by atoms with Gasteiger partial charge in [-0.05, 0) is 42.0 Å². The minimum absolute atomic E-state index is 0.197. The lowest BCUT2D eigenvalue weighted by molar-refractivity contribution is 0.626. The van der Waals surface area contributed by atoms with Crippen LogP contribution in [0.3, 0.4) is 0 Å². The summed E-state index contributed by atoms with van der Waals surface area (Å²) < 4.78 is 13.0. The maximum absolute atomic E-state index is 13.0. The fraction of sp³-hybridized carbons (Fsp3) is 0.200. The van der Waals surface area contributed by atoms with Gasteiger partial charge in [0.15, 0.2) is 0 Å². The molecule has 0 heterocycles. The quantitative estimate of drug-likeness (QED) is 0.885. The molecular weight excluding hydrogens is 227 g/mol. The highest BCUT2D eigenvalue weighted by molar-refractivity contribution is 5.54. The van der Waals surface area contributed by atoms with Crippen LogP contribution in [0.25, 0.3) is 0 Å². The third-order valence-corrected chi connectivity index (χ3v) is 2.77. The Balaban J connectivity index is 1.98. The minimum atomic E-state index is -0.197. The standard InChI is InChI=1S/C15H17FN2/c1-18(2)15-8-6-14(7-9-15)17-11-12-4-3-5-13(16)10-12/h3-10,17H,11H2,1-2H3. The van der Waals surface area contributed by atoms with Crippen molar-refractivity contribution in [3.8, 4) is 0 Å². The first-order valence-corrected chi connectivity index (χ1v) is 5.91. The van der Waals surface area contributed by atoms with Crippen LogP contribution in [0.4, 0.5) is 15.8 Å². The number of nitrogens with zero attached hydrogens (tertiary/aromatic N) is 1. The van der Waals surface area contributed by atoms with E-state index in [1.807, 2.05) is 44.4 Å². The van der Waals surface area contributed by atoms with Gasteiger partial charge in [0, 0.05) is 32.0 Å². The molecule has 0 bridgehead atoms. The molecule has 0 aliphatic heterocycles. The van der Waals surface area contributed by atoms with E-state index in [9.17, 15) is 4.39 Å². The Morgan fingerprint density at radius 2 is 1.78 bits per heavy atom. The van der Waals surface area contributed by atoms with Gasteiger partial charge >= 0.3 is 0 Å². The first-order chi connectivity index (χ1) is 8.65. The summed E-state index contributed by atoms with van der Waals surface area (Å²) in [7, 11) is 4.02. The molecule has 0 radical (unpaired) electrons. The van der Waals surface area contributed by atoms with E-state index in [4.69, 9.17) is 0 Å². The van der Waals surface area contributed by atoms with Crippen LogP contribution in [0.1, 0.15) is 5.56 Å². The lowest BCUT2D eigenvalue weighted by Crippen LogP contribution is -2.08. The Kier molecular flexibility index (Phi) is 3.82. The molecule has 2 rings (SSSR count). The number of anilines is 2. The smallest absolute Gasteiger partial charge is 0.123 e. The fourth-order valence-electron chi connectivity index (χ4n) is 1.73. The molecule has 0 aliphatic carbocycles. The van der Waals surface area contributed by atoms with E-state index in [-0.39, 0.29) is 5.82 Å². The summed E-state index contributed by atoms with van der Waals surface area (Å²) >= 11 is 0. The van der Waals surface area contributed by atoms with Gasteiger partial charge in [-0.1, -0.05) is 12.1 Å². The Labute approximate surface area is 107 Å². The lowest BCUT2D eigenvalue weighted by Gasteiger charge is -2.13. The predicted molar refractivity (Wildman–Crippen MR) is 74.5 cm³/mol. The van der Waals surface area contributed by atoms with E-state index in [2.05, 4.69) is 10.2 Å². The van der Waals surface area contributed by atoms with Crippen molar-refractivity contribution in [1.82, 2.24) is 0 Å². The fourth-order valence-corrected chi connectivity index (χ4v) is 1.73. The highest BCUT2D eigenvalue weighted by Gasteiger charge is 1.97. The number of nitrogens with one attached hydrogen (secondary N) is 1. The molecule has 0 aromatic heterocycles. The molecule has 94 valence electrons. The maximum atomic E-state index is 13.0. The zero-order valence-electron chi connectivity index (χ0n) is 10.7. The molecule has 1 N–H and O–H groups in total. The van der Waals surface area contributed by atoms with Crippen molar-refractivity contribution in [3.63, 3.8) is 0 Å². The van der Waals surface area contributed by atoms with E-state index >= 15 is 0 Å². The topological polar surface area (TPSA) is 15.3 Å². The van der Waals surface area contributed by atoms with Crippen LogP contribution in [-0.2, 0) is 6.54 Å². The zero-order chi connectivity index (χ0) is 13.0. The molecule has 0 saturated heterocycles. The molecule has 2 aromatic carbocycles. The molecule has 3 heteroatoms. The molecule has 2 aromatic rings. The van der Waals surface area contributed by atoms with E-state index in [0.717, 1.165) is 16.9 Å². The van der Waals surface area contributed by atoms with Gasteiger partial charge in [0.1, 0.15) is 5.82 Å². The van der Waals surface area contributed by atoms with Crippen molar-refractivity contribution < 1.29 is 4.39 Å². The summed E-state index contributed by atoms with van der Waals surface area (Å²) in [4.78, 5) is 2.05. The average molecular weight is 244 g/mol. The summed E-state index contributed by atoms with van der Waals surface area (Å²) in [5.41, 5.74) is 3.13. The summed E-state index contributed by atoms with van der Waals surface area (Å²) in [6, 6.07) is 14.8. The van der Waals surface area contributed by atoms with Crippen LogP contribution in [-0.4, -0.2) is 14.1 Å². The molecule has 0 atom stereocenters. The van der Waals surface area contributed by atoms with Crippen molar-refractivity contribution in [2.45, 2.75) is 6.54 Å². The number of hydrogen-bond acceptors (Lipinski definition) is 2. The van der Waals surface area contributed by atoms with E-state index < -0.39 is 0 Å². The predicted octanol–water partition coefficient (Wildman–Crippen LogP) is 3.50. The summed E-state index contributed by atoms with van der Waals surface area (Å²) in [6.07, 6.45) is 0. The Bertz CT molecular complexity index is 506. The zero-order valence-corrected chi connectivity index (χ0v) is 10.7. The minimum Gasteiger partial charge on any atom is -0.381 e. The number of rotatable bonds is 4. The Hall–Kier alpha value is -2.03. The van der Waals surface area contributed by atoms with Gasteiger partial charge in [-0.15, -0.1) is 0 Å². The SMILES string of the molecule is CN(C)c1ccc(NCc2cccc(F)c2)cc1. The van der Waals surface area contributed by atoms with Crippen molar-refractivity contribution in [2.75, 3.05) is 24.3 Å². The highest BCUT2D eigenvalue weighted by atomic mass is 19.1. The van der Waals surface area contributed by atoms with Gasteiger partial charge in [-0.3, -0.25) is 0 Å². The van der Waals surface area contributed by atoms with E-state index in [1.165, 1.54) is 6.07 Å². The van der Waals surface area contributed by atoms with Crippen LogP contribution in [0.2, 0.25) is 0 Å². The number of hydrogen-bond donors (Lipinski definition) is 1. The third kappa shape index (κ3) is 3.23. The second-order valence-electron chi connectivity index (χ2n) is 4.42. The second kappa shape index (κ2) is 5.54. The van der Waals surface area contributed by atoms with Crippen LogP contribution < -0.4 is 10.2 Å². The maximum Gasteiger partial charge on any atom is 0.123 e. The average Bonchev–Trinajstić information content (AvgIpc) is 2.37. The number of halogens is 1. The van der Waals surface area contributed by atoms with Crippen LogP contribution in [0, 0.1) is 5.82 Å². The van der Waals surface area contributed by atoms with Gasteiger partial charge < -0.3 is 10.2 Å². The largest absolute Gasteiger partial charge is 0.381 e. The van der Waals surface area contributed by atoms with Crippen molar-refractivity contribution in [3.05, 3.63) is 59.9 Å². The van der Waals surface area contributed by atoms with Gasteiger partial charge in [0.2, 0.25) is 0 Å².